The topological polar surface area (TPSA) is 84.5 Å². The molecule has 6 nitrogen and oxygen atoms in total. The van der Waals surface area contributed by atoms with Crippen LogP contribution in [0.3, 0.4) is 0 Å². The Morgan fingerprint density at radius 2 is 1.39 bits per heavy atom. The van der Waals surface area contributed by atoms with Gasteiger partial charge in [-0.3, -0.25) is 9.59 Å². The minimum atomic E-state index is -1.12. The Balaban J connectivity index is 1.81. The average Bonchev–Trinajstić information content (AvgIpc) is 2.71. The van der Waals surface area contributed by atoms with Gasteiger partial charge in [0.15, 0.2) is 0 Å². The van der Waals surface area contributed by atoms with Gasteiger partial charge in [-0.05, 0) is 61.4 Å². The fourth-order valence-electron chi connectivity index (χ4n) is 3.22. The fraction of sp³-hybridized carbons (Fsp3) is 0.160. The molecule has 0 bridgehead atoms. The Hall–Kier alpha value is -3.93. The monoisotopic (exact) mass is 416 g/mol. The van der Waals surface area contributed by atoms with Crippen LogP contribution in [0, 0.1) is 13.8 Å². The second-order valence-electron chi connectivity index (χ2n) is 7.32. The third kappa shape index (κ3) is 6.02. The molecular weight excluding hydrogens is 392 g/mol. The molecule has 0 fully saturated rings. The molecule has 1 unspecified atom stereocenters. The predicted octanol–water partition coefficient (Wildman–Crippen LogP) is 4.80. The van der Waals surface area contributed by atoms with Crippen molar-refractivity contribution in [2.45, 2.75) is 26.9 Å². The zero-order valence-electron chi connectivity index (χ0n) is 17.6. The molecule has 0 saturated heterocycles. The molecule has 6 heteroatoms. The molecule has 3 aromatic carbocycles. The zero-order chi connectivity index (χ0) is 22.4. The van der Waals surface area contributed by atoms with Crippen molar-refractivity contribution in [2.24, 2.45) is 0 Å². The van der Waals surface area contributed by atoms with Crippen LogP contribution in [0.1, 0.15) is 40.1 Å². The Morgan fingerprint density at radius 1 is 0.774 bits per heavy atom. The van der Waals surface area contributed by atoms with Crippen LogP contribution >= 0.6 is 0 Å². The quantitative estimate of drug-likeness (QED) is 0.566. The van der Waals surface area contributed by atoms with Crippen molar-refractivity contribution in [1.82, 2.24) is 0 Å². The summed E-state index contributed by atoms with van der Waals surface area (Å²) in [5.74, 6) is -1.29. The van der Waals surface area contributed by atoms with E-state index in [0.29, 0.717) is 16.9 Å². The second-order valence-corrected chi connectivity index (χ2v) is 7.32. The van der Waals surface area contributed by atoms with Gasteiger partial charge in [-0.25, -0.2) is 4.79 Å². The lowest BCUT2D eigenvalue weighted by atomic mass is 10.1. The van der Waals surface area contributed by atoms with Crippen molar-refractivity contribution in [2.75, 3.05) is 10.6 Å². The van der Waals surface area contributed by atoms with Crippen LogP contribution in [0.25, 0.3) is 0 Å². The lowest BCUT2D eigenvalue weighted by molar-refractivity contribution is -0.125. The number of esters is 1. The van der Waals surface area contributed by atoms with Gasteiger partial charge in [-0.2, -0.15) is 0 Å². The maximum atomic E-state index is 13.0. The van der Waals surface area contributed by atoms with E-state index in [4.69, 9.17) is 4.74 Å². The maximum Gasteiger partial charge on any atom is 0.339 e. The van der Waals surface area contributed by atoms with E-state index < -0.39 is 18.0 Å². The predicted molar refractivity (Wildman–Crippen MR) is 120 cm³/mol. The van der Waals surface area contributed by atoms with Crippen LogP contribution in [0.2, 0.25) is 0 Å². The number of hydrogen-bond acceptors (Lipinski definition) is 4. The third-order valence-corrected chi connectivity index (χ3v) is 4.50. The molecule has 3 rings (SSSR count). The van der Waals surface area contributed by atoms with Crippen LogP contribution < -0.4 is 10.6 Å². The van der Waals surface area contributed by atoms with E-state index in [-0.39, 0.29) is 11.5 Å². The number of amides is 2. The van der Waals surface area contributed by atoms with Gasteiger partial charge < -0.3 is 15.4 Å². The molecule has 3 aromatic rings. The molecule has 0 heterocycles. The van der Waals surface area contributed by atoms with E-state index in [0.717, 1.165) is 11.1 Å². The van der Waals surface area contributed by atoms with Crippen LogP contribution in [0.4, 0.5) is 11.4 Å². The average molecular weight is 416 g/mol. The van der Waals surface area contributed by atoms with Gasteiger partial charge >= 0.3 is 5.97 Å². The molecule has 0 spiro atoms. The highest BCUT2D eigenvalue weighted by atomic mass is 16.5. The van der Waals surface area contributed by atoms with E-state index in [1.54, 1.807) is 36.4 Å². The summed E-state index contributed by atoms with van der Waals surface area (Å²) in [6, 6.07) is 20.9. The van der Waals surface area contributed by atoms with Crippen molar-refractivity contribution in [1.29, 1.82) is 0 Å². The van der Waals surface area contributed by atoms with E-state index in [9.17, 15) is 14.4 Å². The first kappa shape index (κ1) is 21.8. The molecule has 2 N–H and O–H groups in total. The number of anilines is 2. The number of rotatable bonds is 6. The number of ether oxygens (including phenoxy) is 1. The summed E-state index contributed by atoms with van der Waals surface area (Å²) < 4.78 is 5.60. The summed E-state index contributed by atoms with van der Waals surface area (Å²) in [4.78, 5) is 36.9. The molecule has 0 aliphatic carbocycles. The molecule has 0 aromatic heterocycles. The fourth-order valence-corrected chi connectivity index (χ4v) is 3.22. The van der Waals surface area contributed by atoms with Gasteiger partial charge in [0.25, 0.3) is 5.91 Å². The van der Waals surface area contributed by atoms with E-state index in [2.05, 4.69) is 10.6 Å². The number of nitrogens with one attached hydrogen (secondary N) is 2. The van der Waals surface area contributed by atoms with E-state index >= 15 is 0 Å². The summed E-state index contributed by atoms with van der Waals surface area (Å²) >= 11 is 0. The smallest absolute Gasteiger partial charge is 0.339 e. The van der Waals surface area contributed by atoms with Gasteiger partial charge in [0, 0.05) is 23.9 Å². The van der Waals surface area contributed by atoms with Crippen molar-refractivity contribution in [3.05, 3.63) is 95.1 Å². The standard InChI is InChI=1S/C25H24N2O4/c1-16-13-17(2)15-22(14-16)27-24(29)23(19-7-5-4-6-8-19)31-25(30)20-9-11-21(12-10-20)26-18(3)28/h4-15,23H,1-3H3,(H,26,28)(H,27,29). The van der Waals surface area contributed by atoms with Gasteiger partial charge in [0.1, 0.15) is 0 Å². The number of carbonyl (C=O) groups excluding carboxylic acids is 3. The SMILES string of the molecule is CC(=O)Nc1ccc(C(=O)OC(C(=O)Nc2cc(C)cc(C)c2)c2ccccc2)cc1. The van der Waals surface area contributed by atoms with Crippen LogP contribution in [-0.2, 0) is 14.3 Å². The Labute approximate surface area is 181 Å². The number of benzene rings is 3. The van der Waals surface area contributed by atoms with Gasteiger partial charge in [-0.15, -0.1) is 0 Å². The lowest BCUT2D eigenvalue weighted by Gasteiger charge is -2.18. The molecule has 158 valence electrons. The number of aryl methyl sites for hydroxylation is 2. The second kappa shape index (κ2) is 9.71. The first-order chi connectivity index (χ1) is 14.8. The van der Waals surface area contributed by atoms with Crippen molar-refractivity contribution in [3.63, 3.8) is 0 Å². The molecule has 0 aliphatic heterocycles. The van der Waals surface area contributed by atoms with Crippen LogP contribution in [0.5, 0.6) is 0 Å². The molecule has 0 aliphatic rings. The Bertz CT molecular complexity index is 1070. The highest BCUT2D eigenvalue weighted by molar-refractivity contribution is 5.98. The minimum Gasteiger partial charge on any atom is -0.444 e. The van der Waals surface area contributed by atoms with Gasteiger partial charge in [-0.1, -0.05) is 36.4 Å². The zero-order valence-corrected chi connectivity index (χ0v) is 17.6. The summed E-state index contributed by atoms with van der Waals surface area (Å²) in [5.41, 5.74) is 4.07. The highest BCUT2D eigenvalue weighted by Gasteiger charge is 2.26. The van der Waals surface area contributed by atoms with Gasteiger partial charge in [0.05, 0.1) is 5.56 Å². The first-order valence-electron chi connectivity index (χ1n) is 9.84. The molecule has 31 heavy (non-hydrogen) atoms. The summed E-state index contributed by atoms with van der Waals surface area (Å²) in [6.45, 7) is 5.30. The molecular formula is C25H24N2O4. The first-order valence-corrected chi connectivity index (χ1v) is 9.84. The summed E-state index contributed by atoms with van der Waals surface area (Å²) in [5, 5.41) is 5.48. The normalized spacial score (nSPS) is 11.3. The minimum absolute atomic E-state index is 0.206. The van der Waals surface area contributed by atoms with E-state index in [1.165, 1.54) is 19.1 Å². The van der Waals surface area contributed by atoms with Crippen molar-refractivity contribution in [3.8, 4) is 0 Å². The lowest BCUT2D eigenvalue weighted by Crippen LogP contribution is -2.26. The molecule has 0 saturated carbocycles. The molecule has 2 amide bonds. The van der Waals surface area contributed by atoms with Gasteiger partial charge in [0.2, 0.25) is 12.0 Å². The molecule has 1 atom stereocenters. The summed E-state index contributed by atoms with van der Waals surface area (Å²) in [6.07, 6.45) is -1.12. The Kier molecular flexibility index (Phi) is 6.82. The third-order valence-electron chi connectivity index (χ3n) is 4.50. The number of hydrogen-bond donors (Lipinski definition) is 2. The maximum absolute atomic E-state index is 13.0. The van der Waals surface area contributed by atoms with Crippen molar-refractivity contribution >= 4 is 29.2 Å². The largest absolute Gasteiger partial charge is 0.444 e. The number of carbonyl (C=O) groups is 3. The van der Waals surface area contributed by atoms with E-state index in [1.807, 2.05) is 38.1 Å². The summed E-state index contributed by atoms with van der Waals surface area (Å²) in [7, 11) is 0. The molecule has 0 radical (unpaired) electrons. The Morgan fingerprint density at radius 3 is 1.97 bits per heavy atom. The highest BCUT2D eigenvalue weighted by Crippen LogP contribution is 2.23. The van der Waals surface area contributed by atoms with Crippen molar-refractivity contribution < 1.29 is 19.1 Å². The van der Waals surface area contributed by atoms with Crippen LogP contribution in [0.15, 0.2) is 72.8 Å². The van der Waals surface area contributed by atoms with Crippen LogP contribution in [-0.4, -0.2) is 17.8 Å².